The van der Waals surface area contributed by atoms with E-state index in [9.17, 15) is 4.79 Å². The van der Waals surface area contributed by atoms with Crippen molar-refractivity contribution in [2.24, 2.45) is 5.41 Å². The van der Waals surface area contributed by atoms with Crippen LogP contribution in [0.1, 0.15) is 27.2 Å². The van der Waals surface area contributed by atoms with E-state index in [1.807, 2.05) is 0 Å². The Hall–Kier alpha value is -0.570. The van der Waals surface area contributed by atoms with E-state index in [0.29, 0.717) is 0 Å². The molecule has 1 aliphatic rings. The molecule has 0 heterocycles. The molecule has 0 radical (unpaired) electrons. The molecule has 1 unspecified atom stereocenters. The summed E-state index contributed by atoms with van der Waals surface area (Å²) in [7, 11) is 0. The topological polar surface area (TPSA) is 49.3 Å². The Morgan fingerprint density at radius 2 is 2.18 bits per heavy atom. The summed E-state index contributed by atoms with van der Waals surface area (Å²) in [5.41, 5.74) is 0.241. The number of aliphatic hydroxyl groups excluding tert-OH is 1. The number of amides is 1. The second kappa shape index (κ2) is 2.48. The SMILES string of the molecule is C[C@H](O)C(=O)NC1CC1(C)C. The number of carbonyl (C=O) groups is 1. The number of aliphatic hydroxyl groups is 1. The Kier molecular flexibility index (Phi) is 1.92. The molecule has 2 atom stereocenters. The minimum Gasteiger partial charge on any atom is -0.384 e. The lowest BCUT2D eigenvalue weighted by atomic mass is 10.2. The Bertz CT molecular complexity index is 175. The van der Waals surface area contributed by atoms with Gasteiger partial charge in [0, 0.05) is 6.04 Å². The molecule has 0 spiro atoms. The molecule has 1 fully saturated rings. The third kappa shape index (κ3) is 1.93. The fourth-order valence-corrected chi connectivity index (χ4v) is 1.01. The van der Waals surface area contributed by atoms with Crippen LogP contribution in [0.15, 0.2) is 0 Å². The minimum absolute atomic E-state index is 0.241. The van der Waals surface area contributed by atoms with Gasteiger partial charge >= 0.3 is 0 Å². The summed E-state index contributed by atoms with van der Waals surface area (Å²) in [5, 5.41) is 11.6. The summed E-state index contributed by atoms with van der Waals surface area (Å²) >= 11 is 0. The van der Waals surface area contributed by atoms with Crippen molar-refractivity contribution in [2.75, 3.05) is 0 Å². The van der Waals surface area contributed by atoms with Crippen LogP contribution >= 0.6 is 0 Å². The van der Waals surface area contributed by atoms with Crippen molar-refractivity contribution in [2.45, 2.75) is 39.3 Å². The van der Waals surface area contributed by atoms with Crippen LogP contribution in [0.4, 0.5) is 0 Å². The molecule has 0 bridgehead atoms. The summed E-state index contributed by atoms with van der Waals surface area (Å²) in [6, 6.07) is 0.268. The van der Waals surface area contributed by atoms with Crippen molar-refractivity contribution in [3.63, 3.8) is 0 Å². The van der Waals surface area contributed by atoms with E-state index < -0.39 is 6.10 Å². The zero-order valence-electron chi connectivity index (χ0n) is 7.22. The maximum atomic E-state index is 10.9. The van der Waals surface area contributed by atoms with Crippen molar-refractivity contribution in [3.05, 3.63) is 0 Å². The van der Waals surface area contributed by atoms with E-state index >= 15 is 0 Å². The van der Waals surface area contributed by atoms with Gasteiger partial charge in [-0.05, 0) is 18.8 Å². The summed E-state index contributed by atoms with van der Waals surface area (Å²) in [4.78, 5) is 10.9. The Morgan fingerprint density at radius 1 is 1.73 bits per heavy atom. The van der Waals surface area contributed by atoms with Crippen LogP contribution in [0.5, 0.6) is 0 Å². The first kappa shape index (κ1) is 8.53. The van der Waals surface area contributed by atoms with Crippen molar-refractivity contribution in [3.8, 4) is 0 Å². The van der Waals surface area contributed by atoms with Gasteiger partial charge in [-0.15, -0.1) is 0 Å². The van der Waals surface area contributed by atoms with E-state index in [1.54, 1.807) is 0 Å². The largest absolute Gasteiger partial charge is 0.384 e. The quantitative estimate of drug-likeness (QED) is 0.605. The highest BCUT2D eigenvalue weighted by molar-refractivity contribution is 5.80. The molecule has 3 heteroatoms. The third-order valence-electron chi connectivity index (χ3n) is 2.21. The van der Waals surface area contributed by atoms with E-state index in [-0.39, 0.29) is 17.4 Å². The highest BCUT2D eigenvalue weighted by Crippen LogP contribution is 2.44. The fraction of sp³-hybridized carbons (Fsp3) is 0.875. The van der Waals surface area contributed by atoms with Gasteiger partial charge < -0.3 is 10.4 Å². The van der Waals surface area contributed by atoms with Crippen LogP contribution in [0.3, 0.4) is 0 Å². The molecule has 0 aromatic carbocycles. The van der Waals surface area contributed by atoms with E-state index in [1.165, 1.54) is 6.92 Å². The van der Waals surface area contributed by atoms with Gasteiger partial charge in [0.25, 0.3) is 0 Å². The number of rotatable bonds is 2. The van der Waals surface area contributed by atoms with Crippen LogP contribution < -0.4 is 5.32 Å². The molecular weight excluding hydrogens is 142 g/mol. The Morgan fingerprint density at radius 3 is 2.45 bits per heavy atom. The van der Waals surface area contributed by atoms with Crippen LogP contribution in [0.2, 0.25) is 0 Å². The van der Waals surface area contributed by atoms with E-state index in [0.717, 1.165) is 6.42 Å². The molecule has 0 aromatic rings. The molecular formula is C8H15NO2. The van der Waals surface area contributed by atoms with Crippen LogP contribution in [0, 0.1) is 5.41 Å². The second-order valence-corrected chi connectivity index (χ2v) is 3.93. The monoisotopic (exact) mass is 157 g/mol. The molecule has 0 aliphatic heterocycles. The van der Waals surface area contributed by atoms with Crippen LogP contribution in [0.25, 0.3) is 0 Å². The van der Waals surface area contributed by atoms with Crippen LogP contribution in [-0.4, -0.2) is 23.2 Å². The molecule has 0 saturated heterocycles. The zero-order chi connectivity index (χ0) is 8.65. The zero-order valence-corrected chi connectivity index (χ0v) is 7.22. The van der Waals surface area contributed by atoms with Gasteiger partial charge in [-0.1, -0.05) is 13.8 Å². The maximum absolute atomic E-state index is 10.9. The van der Waals surface area contributed by atoms with Crippen molar-refractivity contribution >= 4 is 5.91 Å². The standard InChI is InChI=1S/C8H15NO2/c1-5(10)7(11)9-6-4-8(6,2)3/h5-6,10H,4H2,1-3H3,(H,9,11)/t5-,6?/m0/s1. The van der Waals surface area contributed by atoms with Gasteiger partial charge in [0.15, 0.2) is 0 Å². The molecule has 11 heavy (non-hydrogen) atoms. The van der Waals surface area contributed by atoms with Crippen LogP contribution in [-0.2, 0) is 4.79 Å². The highest BCUT2D eigenvalue weighted by Gasteiger charge is 2.46. The van der Waals surface area contributed by atoms with Gasteiger partial charge in [0.1, 0.15) is 6.10 Å². The number of nitrogens with one attached hydrogen (secondary N) is 1. The number of hydrogen-bond acceptors (Lipinski definition) is 2. The first-order chi connectivity index (χ1) is 4.93. The van der Waals surface area contributed by atoms with Gasteiger partial charge in [-0.25, -0.2) is 0 Å². The normalized spacial score (nSPS) is 29.3. The van der Waals surface area contributed by atoms with Gasteiger partial charge in [-0.3, -0.25) is 4.79 Å². The lowest BCUT2D eigenvalue weighted by Crippen LogP contribution is -2.35. The summed E-state index contributed by atoms with van der Waals surface area (Å²) in [6.07, 6.45) is 0.136. The molecule has 1 amide bonds. The van der Waals surface area contributed by atoms with E-state index in [4.69, 9.17) is 5.11 Å². The van der Waals surface area contributed by atoms with Crippen molar-refractivity contribution in [1.82, 2.24) is 5.32 Å². The molecule has 1 saturated carbocycles. The van der Waals surface area contributed by atoms with E-state index in [2.05, 4.69) is 19.2 Å². The number of hydrogen-bond donors (Lipinski definition) is 2. The third-order valence-corrected chi connectivity index (χ3v) is 2.21. The predicted molar refractivity (Wildman–Crippen MR) is 42.0 cm³/mol. The lowest BCUT2D eigenvalue weighted by Gasteiger charge is -2.07. The van der Waals surface area contributed by atoms with Gasteiger partial charge in [0.2, 0.25) is 5.91 Å². The lowest BCUT2D eigenvalue weighted by molar-refractivity contribution is -0.128. The molecule has 1 rings (SSSR count). The summed E-state index contributed by atoms with van der Waals surface area (Å²) in [6.45, 7) is 5.67. The predicted octanol–water partition coefficient (Wildman–Crippen LogP) is 0.282. The first-order valence-corrected chi connectivity index (χ1v) is 3.92. The molecule has 0 aromatic heterocycles. The average Bonchev–Trinajstić information content (AvgIpc) is 2.39. The Labute approximate surface area is 66.8 Å². The molecule has 2 N–H and O–H groups in total. The minimum atomic E-state index is -0.883. The average molecular weight is 157 g/mol. The first-order valence-electron chi connectivity index (χ1n) is 3.92. The van der Waals surface area contributed by atoms with Gasteiger partial charge in [0.05, 0.1) is 0 Å². The maximum Gasteiger partial charge on any atom is 0.248 e. The van der Waals surface area contributed by atoms with Crippen molar-refractivity contribution < 1.29 is 9.90 Å². The highest BCUT2D eigenvalue weighted by atomic mass is 16.3. The van der Waals surface area contributed by atoms with Gasteiger partial charge in [-0.2, -0.15) is 0 Å². The fourth-order valence-electron chi connectivity index (χ4n) is 1.01. The summed E-state index contributed by atoms with van der Waals surface area (Å²) < 4.78 is 0. The molecule has 64 valence electrons. The molecule has 3 nitrogen and oxygen atoms in total. The number of carbonyl (C=O) groups excluding carboxylic acids is 1. The molecule has 1 aliphatic carbocycles. The summed E-state index contributed by atoms with van der Waals surface area (Å²) in [5.74, 6) is -0.263. The smallest absolute Gasteiger partial charge is 0.248 e. The second-order valence-electron chi connectivity index (χ2n) is 3.93. The van der Waals surface area contributed by atoms with Crippen molar-refractivity contribution in [1.29, 1.82) is 0 Å². The Balaban J connectivity index is 2.29.